The number of nitrogens with one attached hydrogen (secondary N) is 2. The van der Waals surface area contributed by atoms with Crippen molar-refractivity contribution in [3.8, 4) is 17.0 Å². The largest absolute Gasteiger partial charge is 0.484 e. The Balaban J connectivity index is 1.59. The molecule has 0 radical (unpaired) electrons. The van der Waals surface area contributed by atoms with Gasteiger partial charge in [-0.3, -0.25) is 14.8 Å². The predicted octanol–water partition coefficient (Wildman–Crippen LogP) is 3.82. The van der Waals surface area contributed by atoms with Crippen LogP contribution < -0.4 is 14.8 Å². The maximum absolute atomic E-state index is 12.1. The quantitative estimate of drug-likeness (QED) is 0.593. The van der Waals surface area contributed by atoms with Crippen molar-refractivity contribution in [2.24, 2.45) is 0 Å². The van der Waals surface area contributed by atoms with Crippen molar-refractivity contribution in [1.29, 1.82) is 0 Å². The molecular formula is C20H21N3O4S2. The van der Waals surface area contributed by atoms with Crippen molar-refractivity contribution >= 4 is 38.1 Å². The number of carbonyl (C=O) groups is 1. The van der Waals surface area contributed by atoms with Crippen LogP contribution in [0.3, 0.4) is 0 Å². The molecule has 0 spiro atoms. The van der Waals surface area contributed by atoms with E-state index in [1.54, 1.807) is 24.3 Å². The fraction of sp³-hybridized carbons (Fsp3) is 0.200. The van der Waals surface area contributed by atoms with Crippen LogP contribution in [0.15, 0.2) is 47.8 Å². The van der Waals surface area contributed by atoms with Crippen LogP contribution in [0.1, 0.15) is 11.1 Å². The topological polar surface area (TPSA) is 97.4 Å². The van der Waals surface area contributed by atoms with Crippen LogP contribution in [0.5, 0.6) is 5.75 Å². The Morgan fingerprint density at radius 1 is 1.10 bits per heavy atom. The van der Waals surface area contributed by atoms with E-state index in [0.29, 0.717) is 22.3 Å². The molecule has 2 aromatic carbocycles. The summed E-state index contributed by atoms with van der Waals surface area (Å²) in [6, 6.07) is 12.6. The van der Waals surface area contributed by atoms with Crippen LogP contribution in [0, 0.1) is 13.8 Å². The number of hydrogen-bond acceptors (Lipinski definition) is 6. The first kappa shape index (κ1) is 20.8. The van der Waals surface area contributed by atoms with Crippen molar-refractivity contribution in [2.45, 2.75) is 13.8 Å². The molecule has 1 aromatic heterocycles. The van der Waals surface area contributed by atoms with E-state index in [9.17, 15) is 13.2 Å². The van der Waals surface area contributed by atoms with E-state index >= 15 is 0 Å². The summed E-state index contributed by atoms with van der Waals surface area (Å²) < 4.78 is 30.5. The number of carbonyl (C=O) groups excluding carboxylic acids is 1. The van der Waals surface area contributed by atoms with Gasteiger partial charge in [0.1, 0.15) is 5.75 Å². The highest BCUT2D eigenvalue weighted by molar-refractivity contribution is 7.92. The average molecular weight is 432 g/mol. The van der Waals surface area contributed by atoms with Crippen LogP contribution in [-0.4, -0.2) is 32.2 Å². The van der Waals surface area contributed by atoms with Crippen LogP contribution in [0.2, 0.25) is 0 Å². The number of sulfonamides is 1. The lowest BCUT2D eigenvalue weighted by Crippen LogP contribution is -2.20. The Kier molecular flexibility index (Phi) is 6.19. The van der Waals surface area contributed by atoms with E-state index in [4.69, 9.17) is 4.74 Å². The third-order valence-corrected chi connectivity index (χ3v) is 5.16. The van der Waals surface area contributed by atoms with E-state index in [1.165, 1.54) is 11.3 Å². The summed E-state index contributed by atoms with van der Waals surface area (Å²) in [5.74, 6) is 0.359. The van der Waals surface area contributed by atoms with Crippen molar-refractivity contribution in [3.63, 3.8) is 0 Å². The van der Waals surface area contributed by atoms with Gasteiger partial charge in [-0.1, -0.05) is 18.2 Å². The molecule has 0 aliphatic heterocycles. The third-order valence-electron chi connectivity index (χ3n) is 3.80. The molecule has 152 valence electrons. The number of aromatic nitrogens is 1. The number of rotatable bonds is 7. The third kappa shape index (κ3) is 6.30. The minimum atomic E-state index is -3.32. The molecule has 7 nitrogen and oxygen atoms in total. The maximum Gasteiger partial charge on any atom is 0.264 e. The number of benzene rings is 2. The molecule has 1 heterocycles. The minimum absolute atomic E-state index is 0.107. The van der Waals surface area contributed by atoms with E-state index in [-0.39, 0.29) is 12.5 Å². The summed E-state index contributed by atoms with van der Waals surface area (Å²) >= 11 is 1.30. The highest BCUT2D eigenvalue weighted by Gasteiger charge is 2.10. The molecule has 3 aromatic rings. The molecule has 0 bridgehead atoms. The molecule has 0 unspecified atom stereocenters. The van der Waals surface area contributed by atoms with Gasteiger partial charge in [0.25, 0.3) is 5.91 Å². The molecule has 2 N–H and O–H groups in total. The molecule has 0 aliphatic carbocycles. The maximum atomic E-state index is 12.1. The highest BCUT2D eigenvalue weighted by atomic mass is 32.2. The van der Waals surface area contributed by atoms with Gasteiger partial charge >= 0.3 is 0 Å². The Hall–Kier alpha value is -2.91. The second-order valence-electron chi connectivity index (χ2n) is 6.65. The summed E-state index contributed by atoms with van der Waals surface area (Å²) in [6.07, 6.45) is 1.10. The molecule has 0 saturated heterocycles. The van der Waals surface area contributed by atoms with Crippen LogP contribution in [0.4, 0.5) is 10.8 Å². The van der Waals surface area contributed by atoms with Crippen LogP contribution in [0.25, 0.3) is 11.3 Å². The SMILES string of the molecule is Cc1cc(C)cc(OCC(=O)Nc2nc(-c3ccc(NS(C)(=O)=O)cc3)cs2)c1. The first-order valence-electron chi connectivity index (χ1n) is 8.73. The molecule has 9 heteroatoms. The van der Waals surface area contributed by atoms with Gasteiger partial charge in [-0.15, -0.1) is 11.3 Å². The lowest BCUT2D eigenvalue weighted by Gasteiger charge is -2.07. The molecular weight excluding hydrogens is 410 g/mol. The fourth-order valence-electron chi connectivity index (χ4n) is 2.71. The lowest BCUT2D eigenvalue weighted by atomic mass is 10.1. The van der Waals surface area contributed by atoms with Gasteiger partial charge in [0, 0.05) is 16.6 Å². The van der Waals surface area contributed by atoms with Gasteiger partial charge < -0.3 is 4.74 Å². The number of thiazole rings is 1. The zero-order chi connectivity index (χ0) is 21.0. The van der Waals surface area contributed by atoms with Crippen molar-refractivity contribution in [2.75, 3.05) is 22.9 Å². The zero-order valence-corrected chi connectivity index (χ0v) is 17.9. The molecule has 29 heavy (non-hydrogen) atoms. The smallest absolute Gasteiger partial charge is 0.264 e. The molecule has 3 rings (SSSR count). The van der Waals surface area contributed by atoms with Crippen molar-refractivity contribution < 1.29 is 17.9 Å². The first-order chi connectivity index (χ1) is 13.7. The number of nitrogens with zero attached hydrogens (tertiary/aromatic N) is 1. The summed E-state index contributed by atoms with van der Waals surface area (Å²) in [6.45, 7) is 3.84. The van der Waals surface area contributed by atoms with Gasteiger partial charge in [-0.2, -0.15) is 0 Å². The standard InChI is InChI=1S/C20H21N3O4S2/c1-13-8-14(2)10-17(9-13)27-11-19(24)22-20-21-18(12-28-20)15-4-6-16(7-5-15)23-29(3,25)26/h4-10,12,23H,11H2,1-3H3,(H,21,22,24). The van der Waals surface area contributed by atoms with E-state index < -0.39 is 10.0 Å². The van der Waals surface area contributed by atoms with Crippen LogP contribution >= 0.6 is 11.3 Å². The van der Waals surface area contributed by atoms with Gasteiger partial charge in [0.2, 0.25) is 10.0 Å². The summed E-state index contributed by atoms with van der Waals surface area (Å²) in [5, 5.41) is 5.01. The van der Waals surface area contributed by atoms with Crippen LogP contribution in [-0.2, 0) is 14.8 Å². The Morgan fingerprint density at radius 3 is 2.38 bits per heavy atom. The van der Waals surface area contributed by atoms with Crippen molar-refractivity contribution in [1.82, 2.24) is 4.98 Å². The number of aryl methyl sites for hydroxylation is 2. The number of amides is 1. The second-order valence-corrected chi connectivity index (χ2v) is 9.26. The summed E-state index contributed by atoms with van der Waals surface area (Å²) in [4.78, 5) is 16.5. The highest BCUT2D eigenvalue weighted by Crippen LogP contribution is 2.26. The minimum Gasteiger partial charge on any atom is -0.484 e. The van der Waals surface area contributed by atoms with Gasteiger partial charge in [-0.05, 0) is 49.2 Å². The summed E-state index contributed by atoms with van der Waals surface area (Å²) in [5.41, 5.74) is 4.12. The van der Waals surface area contributed by atoms with E-state index in [1.807, 2.05) is 37.4 Å². The second kappa shape index (κ2) is 8.62. The normalized spacial score (nSPS) is 11.1. The summed E-state index contributed by atoms with van der Waals surface area (Å²) in [7, 11) is -3.32. The van der Waals surface area contributed by atoms with E-state index in [0.717, 1.165) is 22.9 Å². The molecule has 1 amide bonds. The predicted molar refractivity (Wildman–Crippen MR) is 116 cm³/mol. The number of hydrogen-bond donors (Lipinski definition) is 2. The Morgan fingerprint density at radius 2 is 1.76 bits per heavy atom. The Labute approximate surface area is 173 Å². The lowest BCUT2D eigenvalue weighted by molar-refractivity contribution is -0.118. The zero-order valence-electron chi connectivity index (χ0n) is 16.2. The monoisotopic (exact) mass is 431 g/mol. The van der Waals surface area contributed by atoms with Crippen molar-refractivity contribution in [3.05, 3.63) is 59.0 Å². The van der Waals surface area contributed by atoms with Gasteiger partial charge in [0.05, 0.1) is 11.9 Å². The van der Waals surface area contributed by atoms with Gasteiger partial charge in [-0.25, -0.2) is 13.4 Å². The Bertz CT molecular complexity index is 1100. The average Bonchev–Trinajstić information content (AvgIpc) is 3.07. The fourth-order valence-corrected chi connectivity index (χ4v) is 4.01. The first-order valence-corrected chi connectivity index (χ1v) is 11.5. The molecule has 0 aliphatic rings. The number of ether oxygens (including phenoxy) is 1. The molecule has 0 fully saturated rings. The number of anilines is 2. The molecule has 0 saturated carbocycles. The van der Waals surface area contributed by atoms with Gasteiger partial charge in [0.15, 0.2) is 11.7 Å². The van der Waals surface area contributed by atoms with E-state index in [2.05, 4.69) is 15.0 Å². The molecule has 0 atom stereocenters.